The van der Waals surface area contributed by atoms with Crippen molar-refractivity contribution in [3.63, 3.8) is 0 Å². The van der Waals surface area contributed by atoms with Crippen molar-refractivity contribution in [2.24, 2.45) is 16.7 Å². The van der Waals surface area contributed by atoms with Gasteiger partial charge in [0.15, 0.2) is 0 Å². The summed E-state index contributed by atoms with van der Waals surface area (Å²) < 4.78 is 33.1. The molecule has 2 heterocycles. The first-order valence-corrected chi connectivity index (χ1v) is 11.9. The van der Waals surface area contributed by atoms with Crippen LogP contribution in [0.5, 0.6) is 0 Å². The summed E-state index contributed by atoms with van der Waals surface area (Å²) in [6.45, 7) is 7.76. The molecule has 158 valence electrons. The smallest absolute Gasteiger partial charge is 0.320 e. The predicted molar refractivity (Wildman–Crippen MR) is 103 cm³/mol. The van der Waals surface area contributed by atoms with E-state index in [1.807, 2.05) is 0 Å². The Labute approximate surface area is 167 Å². The van der Waals surface area contributed by atoms with Crippen molar-refractivity contribution in [1.29, 1.82) is 0 Å². The van der Waals surface area contributed by atoms with Crippen molar-refractivity contribution >= 4 is 21.8 Å². The Bertz CT molecular complexity index is 754. The lowest BCUT2D eigenvalue weighted by Gasteiger charge is -2.40. The molecule has 2 saturated heterocycles. The Balaban J connectivity index is 1.40. The van der Waals surface area contributed by atoms with E-state index in [1.54, 1.807) is 9.80 Å². The first-order valence-electron chi connectivity index (χ1n) is 10.3. The van der Waals surface area contributed by atoms with Crippen molar-refractivity contribution in [3.8, 4) is 0 Å². The number of amides is 2. The Morgan fingerprint density at radius 3 is 2.21 bits per heavy atom. The normalized spacial score (nSPS) is 33.5. The maximum atomic E-state index is 13.2. The third kappa shape index (κ3) is 3.06. The average Bonchev–Trinajstić information content (AvgIpc) is 3.02. The van der Waals surface area contributed by atoms with Crippen LogP contribution in [-0.2, 0) is 19.6 Å². The highest BCUT2D eigenvalue weighted by atomic mass is 32.2. The van der Waals surface area contributed by atoms with Crippen LogP contribution in [0, 0.1) is 16.7 Å². The molecule has 0 radical (unpaired) electrons. The molecule has 2 saturated carbocycles. The van der Waals surface area contributed by atoms with Crippen LogP contribution in [0.3, 0.4) is 0 Å². The Morgan fingerprint density at radius 2 is 1.68 bits per heavy atom. The first kappa shape index (κ1) is 20.1. The van der Waals surface area contributed by atoms with Gasteiger partial charge in [0.2, 0.25) is 10.0 Å². The summed E-state index contributed by atoms with van der Waals surface area (Å²) >= 11 is 0. The van der Waals surface area contributed by atoms with Gasteiger partial charge < -0.3 is 14.5 Å². The standard InChI is InChI=1S/C19H31N3O5S/c1-18(2)15-3-4-19(18,16(23)13-15)14-28(25,26)22-7-5-20(6-8-22)17(24)21-9-11-27-12-10-21/h15H,3-14H2,1-2H3. The molecular formula is C19H31N3O5S. The molecular weight excluding hydrogens is 382 g/mol. The maximum absolute atomic E-state index is 13.2. The molecule has 8 nitrogen and oxygen atoms in total. The van der Waals surface area contributed by atoms with Crippen LogP contribution in [0.2, 0.25) is 0 Å². The molecule has 2 atom stereocenters. The average molecular weight is 414 g/mol. The number of morpholine rings is 1. The van der Waals surface area contributed by atoms with Gasteiger partial charge in [-0.15, -0.1) is 0 Å². The molecule has 0 aromatic rings. The molecule has 28 heavy (non-hydrogen) atoms. The summed E-state index contributed by atoms with van der Waals surface area (Å²) in [6, 6.07) is -0.0373. The number of ketones is 1. The molecule has 0 aromatic carbocycles. The zero-order chi connectivity index (χ0) is 20.2. The fourth-order valence-electron chi connectivity index (χ4n) is 5.62. The summed E-state index contributed by atoms with van der Waals surface area (Å²) in [6.07, 6.45) is 2.14. The Kier molecular flexibility index (Phi) is 4.99. The predicted octanol–water partition coefficient (Wildman–Crippen LogP) is 0.781. The number of fused-ring (bicyclic) bond motifs is 2. The van der Waals surface area contributed by atoms with Gasteiger partial charge in [0.05, 0.1) is 19.0 Å². The number of carbonyl (C=O) groups excluding carboxylic acids is 2. The minimum Gasteiger partial charge on any atom is -0.378 e. The highest BCUT2D eigenvalue weighted by molar-refractivity contribution is 7.89. The number of nitrogens with zero attached hydrogens (tertiary/aromatic N) is 3. The fraction of sp³-hybridized carbons (Fsp3) is 0.895. The zero-order valence-corrected chi connectivity index (χ0v) is 17.7. The number of sulfonamides is 1. The lowest BCUT2D eigenvalue weighted by molar-refractivity contribution is -0.128. The number of hydrogen-bond acceptors (Lipinski definition) is 5. The number of urea groups is 1. The van der Waals surface area contributed by atoms with E-state index < -0.39 is 15.4 Å². The summed E-state index contributed by atoms with van der Waals surface area (Å²) in [7, 11) is -3.55. The molecule has 0 N–H and O–H groups in total. The van der Waals surface area contributed by atoms with Crippen LogP contribution >= 0.6 is 0 Å². The maximum Gasteiger partial charge on any atom is 0.320 e. The molecule has 2 amide bonds. The van der Waals surface area contributed by atoms with E-state index in [4.69, 9.17) is 4.74 Å². The number of ether oxygens (including phenoxy) is 1. The molecule has 4 rings (SSSR count). The molecule has 9 heteroatoms. The second-order valence-electron chi connectivity index (χ2n) is 9.19. The number of piperazine rings is 1. The van der Waals surface area contributed by atoms with Gasteiger partial charge in [0.1, 0.15) is 5.78 Å². The molecule has 0 spiro atoms. The Morgan fingerprint density at radius 1 is 1.07 bits per heavy atom. The van der Waals surface area contributed by atoms with E-state index in [1.165, 1.54) is 4.31 Å². The van der Waals surface area contributed by atoms with Gasteiger partial charge in [-0.05, 0) is 24.2 Å². The van der Waals surface area contributed by atoms with Crippen LogP contribution in [-0.4, -0.2) is 92.6 Å². The molecule has 2 unspecified atom stereocenters. The number of hydrogen-bond donors (Lipinski definition) is 0. The number of carbonyl (C=O) groups is 2. The van der Waals surface area contributed by atoms with Crippen molar-refractivity contribution in [2.75, 3.05) is 58.2 Å². The van der Waals surface area contributed by atoms with E-state index >= 15 is 0 Å². The van der Waals surface area contributed by atoms with Crippen LogP contribution in [0.1, 0.15) is 33.1 Å². The van der Waals surface area contributed by atoms with E-state index in [9.17, 15) is 18.0 Å². The molecule has 2 bridgehead atoms. The third-order valence-electron chi connectivity index (χ3n) is 7.75. The minimum atomic E-state index is -3.55. The summed E-state index contributed by atoms with van der Waals surface area (Å²) in [4.78, 5) is 28.8. The van der Waals surface area contributed by atoms with E-state index in [0.29, 0.717) is 71.2 Å². The van der Waals surface area contributed by atoms with Crippen molar-refractivity contribution in [1.82, 2.24) is 14.1 Å². The molecule has 2 aliphatic heterocycles. The van der Waals surface area contributed by atoms with Gasteiger partial charge in [-0.25, -0.2) is 13.2 Å². The first-order chi connectivity index (χ1) is 13.2. The second-order valence-corrected chi connectivity index (χ2v) is 11.2. The van der Waals surface area contributed by atoms with E-state index in [-0.39, 0.29) is 23.0 Å². The number of Topliss-reactive ketones (excluding diaryl/α,β-unsaturated/α-hetero) is 1. The topological polar surface area (TPSA) is 87.2 Å². The molecule has 4 fully saturated rings. The SMILES string of the molecule is CC1(C)C2CCC1(CS(=O)(=O)N1CCN(C(=O)N3CCOCC3)CC1)C(=O)C2. The lowest BCUT2D eigenvalue weighted by atomic mass is 9.70. The van der Waals surface area contributed by atoms with Gasteiger partial charge >= 0.3 is 6.03 Å². The fourth-order valence-corrected chi connectivity index (χ4v) is 7.83. The molecule has 2 aliphatic carbocycles. The van der Waals surface area contributed by atoms with Crippen LogP contribution < -0.4 is 0 Å². The second kappa shape index (κ2) is 6.95. The van der Waals surface area contributed by atoms with Crippen LogP contribution in [0.15, 0.2) is 0 Å². The van der Waals surface area contributed by atoms with Crippen molar-refractivity contribution in [2.45, 2.75) is 33.1 Å². The van der Waals surface area contributed by atoms with Crippen LogP contribution in [0.25, 0.3) is 0 Å². The monoisotopic (exact) mass is 413 g/mol. The van der Waals surface area contributed by atoms with Gasteiger partial charge in [0, 0.05) is 51.1 Å². The number of rotatable bonds is 3. The van der Waals surface area contributed by atoms with E-state index in [0.717, 1.165) is 6.42 Å². The minimum absolute atomic E-state index is 0.0373. The van der Waals surface area contributed by atoms with Gasteiger partial charge in [-0.1, -0.05) is 13.8 Å². The molecule has 0 aromatic heterocycles. The third-order valence-corrected chi connectivity index (χ3v) is 9.76. The lowest BCUT2D eigenvalue weighted by Crippen LogP contribution is -2.57. The highest BCUT2D eigenvalue weighted by Crippen LogP contribution is 2.64. The quantitative estimate of drug-likeness (QED) is 0.682. The molecule has 4 aliphatic rings. The summed E-state index contributed by atoms with van der Waals surface area (Å²) in [5, 5.41) is 0. The van der Waals surface area contributed by atoms with Crippen LogP contribution in [0.4, 0.5) is 4.79 Å². The zero-order valence-electron chi connectivity index (χ0n) is 16.9. The highest BCUT2D eigenvalue weighted by Gasteiger charge is 2.65. The van der Waals surface area contributed by atoms with Gasteiger partial charge in [0.25, 0.3) is 0 Å². The van der Waals surface area contributed by atoms with E-state index in [2.05, 4.69) is 13.8 Å². The summed E-state index contributed by atoms with van der Waals surface area (Å²) in [5.74, 6) is 0.344. The largest absolute Gasteiger partial charge is 0.378 e. The van der Waals surface area contributed by atoms with Crippen molar-refractivity contribution in [3.05, 3.63) is 0 Å². The van der Waals surface area contributed by atoms with Crippen molar-refractivity contribution < 1.29 is 22.7 Å². The van der Waals surface area contributed by atoms with Gasteiger partial charge in [-0.3, -0.25) is 4.79 Å². The Hall–Kier alpha value is -1.19. The van der Waals surface area contributed by atoms with Gasteiger partial charge in [-0.2, -0.15) is 4.31 Å². The summed E-state index contributed by atoms with van der Waals surface area (Å²) in [5.41, 5.74) is -0.997.